The van der Waals surface area contributed by atoms with Gasteiger partial charge in [-0.1, -0.05) is 18.2 Å². The summed E-state index contributed by atoms with van der Waals surface area (Å²) in [7, 11) is -1.24. The number of halogens is 1. The topological polar surface area (TPSA) is 84.9 Å². The predicted molar refractivity (Wildman–Crippen MR) is 128 cm³/mol. The normalized spacial score (nSPS) is 11.1. The molecule has 9 heteroatoms. The summed E-state index contributed by atoms with van der Waals surface area (Å²) < 4.78 is 52.0. The molecule has 0 unspecified atom stereocenters. The Morgan fingerprint density at radius 2 is 1.65 bits per heavy atom. The number of aryl methyl sites for hydroxylation is 1. The van der Waals surface area contributed by atoms with E-state index in [1.807, 2.05) is 24.3 Å². The summed E-state index contributed by atoms with van der Waals surface area (Å²) >= 11 is 0. The van der Waals surface area contributed by atoms with E-state index in [2.05, 4.69) is 5.32 Å². The van der Waals surface area contributed by atoms with Crippen molar-refractivity contribution in [3.05, 3.63) is 83.7 Å². The average molecular weight is 487 g/mol. The first-order valence-corrected chi connectivity index (χ1v) is 12.0. The summed E-state index contributed by atoms with van der Waals surface area (Å²) in [4.78, 5) is 12.7. The molecule has 0 bridgehead atoms. The molecule has 0 fully saturated rings. The highest BCUT2D eigenvalue weighted by Gasteiger charge is 2.30. The largest absolute Gasteiger partial charge is 0.497 e. The first-order valence-electron chi connectivity index (χ1n) is 10.6. The number of ether oxygens (including phenoxy) is 2. The Kier molecular flexibility index (Phi) is 8.12. The van der Waals surface area contributed by atoms with E-state index in [1.165, 1.54) is 25.3 Å². The van der Waals surface area contributed by atoms with Gasteiger partial charge in [-0.3, -0.25) is 9.10 Å². The summed E-state index contributed by atoms with van der Waals surface area (Å²) in [6.45, 7) is 1.59. The zero-order valence-electron chi connectivity index (χ0n) is 19.2. The van der Waals surface area contributed by atoms with E-state index >= 15 is 0 Å². The van der Waals surface area contributed by atoms with Crippen molar-refractivity contribution in [3.63, 3.8) is 0 Å². The number of benzene rings is 3. The third kappa shape index (κ3) is 6.05. The maximum Gasteiger partial charge on any atom is 0.268 e. The fraction of sp³-hybridized carbons (Fsp3) is 0.240. The minimum Gasteiger partial charge on any atom is -0.497 e. The van der Waals surface area contributed by atoms with Gasteiger partial charge in [-0.2, -0.15) is 0 Å². The Hall–Kier alpha value is -3.59. The molecule has 34 heavy (non-hydrogen) atoms. The molecule has 0 saturated heterocycles. The first kappa shape index (κ1) is 25.0. The van der Waals surface area contributed by atoms with Gasteiger partial charge in [0, 0.05) is 6.54 Å². The van der Waals surface area contributed by atoms with Crippen molar-refractivity contribution in [3.8, 4) is 11.5 Å². The van der Waals surface area contributed by atoms with Gasteiger partial charge in [0.1, 0.15) is 28.8 Å². The van der Waals surface area contributed by atoms with E-state index in [1.54, 1.807) is 26.2 Å². The van der Waals surface area contributed by atoms with Gasteiger partial charge in [0.25, 0.3) is 10.0 Å². The van der Waals surface area contributed by atoms with Crippen LogP contribution in [0.4, 0.5) is 10.1 Å². The number of nitrogens with one attached hydrogen (secondary N) is 1. The summed E-state index contributed by atoms with van der Waals surface area (Å²) in [6, 6.07) is 17.1. The van der Waals surface area contributed by atoms with Gasteiger partial charge in [-0.25, -0.2) is 12.8 Å². The van der Waals surface area contributed by atoms with Crippen LogP contribution >= 0.6 is 0 Å². The Labute approximate surface area is 199 Å². The number of methoxy groups -OCH3 is 2. The van der Waals surface area contributed by atoms with E-state index in [-0.39, 0.29) is 16.3 Å². The molecule has 0 aromatic heterocycles. The average Bonchev–Trinajstić information content (AvgIpc) is 2.83. The van der Waals surface area contributed by atoms with E-state index in [9.17, 15) is 17.6 Å². The number of hydrogen-bond donors (Lipinski definition) is 1. The maximum absolute atomic E-state index is 13.6. The highest BCUT2D eigenvalue weighted by Crippen LogP contribution is 2.31. The zero-order valence-corrected chi connectivity index (χ0v) is 20.1. The van der Waals surface area contributed by atoms with Gasteiger partial charge < -0.3 is 14.8 Å². The van der Waals surface area contributed by atoms with Crippen LogP contribution in [-0.2, 0) is 21.2 Å². The number of amides is 1. The minimum absolute atomic E-state index is 0.0784. The molecule has 7 nitrogen and oxygen atoms in total. The van der Waals surface area contributed by atoms with Gasteiger partial charge >= 0.3 is 0 Å². The number of sulfonamides is 1. The molecule has 0 aliphatic heterocycles. The van der Waals surface area contributed by atoms with Crippen molar-refractivity contribution in [2.24, 2.45) is 0 Å². The summed E-state index contributed by atoms with van der Waals surface area (Å²) in [5.41, 5.74) is 1.87. The lowest BCUT2D eigenvalue weighted by molar-refractivity contribution is -0.119. The highest BCUT2D eigenvalue weighted by molar-refractivity contribution is 7.93. The van der Waals surface area contributed by atoms with Crippen LogP contribution in [0.15, 0.2) is 71.6 Å². The Bertz CT molecular complexity index is 1230. The molecule has 0 atom stereocenters. The number of carbonyl (C=O) groups is 1. The molecule has 1 amide bonds. The molecule has 0 aliphatic carbocycles. The molecule has 3 aromatic carbocycles. The zero-order chi connectivity index (χ0) is 24.7. The molecular weight excluding hydrogens is 459 g/mol. The second-order valence-electron chi connectivity index (χ2n) is 7.59. The molecular formula is C25H27FN2O5S. The van der Waals surface area contributed by atoms with E-state index in [0.717, 1.165) is 27.8 Å². The summed E-state index contributed by atoms with van der Waals surface area (Å²) in [5.74, 6) is -0.122. The lowest BCUT2D eigenvalue weighted by atomic mass is 10.1. The van der Waals surface area contributed by atoms with Crippen LogP contribution in [0.2, 0.25) is 0 Å². The number of rotatable bonds is 10. The third-order valence-electron chi connectivity index (χ3n) is 5.18. The van der Waals surface area contributed by atoms with Crippen LogP contribution in [0.1, 0.15) is 11.1 Å². The van der Waals surface area contributed by atoms with Crippen molar-refractivity contribution in [1.29, 1.82) is 0 Å². The van der Waals surface area contributed by atoms with Gasteiger partial charge in [-0.05, 0) is 73.0 Å². The van der Waals surface area contributed by atoms with Crippen molar-refractivity contribution < 1.29 is 27.1 Å². The van der Waals surface area contributed by atoms with Crippen LogP contribution in [0.3, 0.4) is 0 Å². The van der Waals surface area contributed by atoms with Crippen molar-refractivity contribution >= 4 is 21.6 Å². The van der Waals surface area contributed by atoms with Crippen molar-refractivity contribution in [1.82, 2.24) is 5.32 Å². The standard InChI is InChI=1S/C25H27FN2O5S/c1-18-4-13-23(33-3)24(16-18)34(30,31)28(21-9-7-20(26)8-10-21)17-25(29)27-15-14-19-5-11-22(32-2)12-6-19/h4-13,16H,14-15,17H2,1-3H3,(H,27,29). The van der Waals surface area contributed by atoms with Crippen molar-refractivity contribution in [2.45, 2.75) is 18.2 Å². The molecule has 0 saturated carbocycles. The van der Waals surface area contributed by atoms with Gasteiger partial charge in [-0.15, -0.1) is 0 Å². The Balaban J connectivity index is 1.81. The SMILES string of the molecule is COc1ccc(CCNC(=O)CN(c2ccc(F)cc2)S(=O)(=O)c2cc(C)ccc2OC)cc1. The fourth-order valence-electron chi connectivity index (χ4n) is 3.35. The molecule has 3 rings (SSSR count). The van der Waals surface area contributed by atoms with Gasteiger partial charge in [0.15, 0.2) is 0 Å². The Morgan fingerprint density at radius 3 is 2.26 bits per heavy atom. The molecule has 0 radical (unpaired) electrons. The highest BCUT2D eigenvalue weighted by atomic mass is 32.2. The summed E-state index contributed by atoms with van der Waals surface area (Å²) in [5, 5.41) is 2.75. The molecule has 0 aliphatic rings. The van der Waals surface area contributed by atoms with E-state index in [0.29, 0.717) is 18.5 Å². The second-order valence-corrected chi connectivity index (χ2v) is 9.42. The molecule has 180 valence electrons. The number of hydrogen-bond acceptors (Lipinski definition) is 5. The van der Waals surface area contributed by atoms with Crippen LogP contribution in [0.5, 0.6) is 11.5 Å². The quantitative estimate of drug-likeness (QED) is 0.472. The maximum atomic E-state index is 13.6. The van der Waals surface area contributed by atoms with Gasteiger partial charge in [0.2, 0.25) is 5.91 Å². The summed E-state index contributed by atoms with van der Waals surface area (Å²) in [6.07, 6.45) is 0.560. The lowest BCUT2D eigenvalue weighted by Gasteiger charge is -2.25. The predicted octanol–water partition coefficient (Wildman–Crippen LogP) is 3.71. The smallest absolute Gasteiger partial charge is 0.268 e. The second kappa shape index (κ2) is 11.0. The van der Waals surface area contributed by atoms with E-state index in [4.69, 9.17) is 9.47 Å². The van der Waals surface area contributed by atoms with Crippen LogP contribution in [0.25, 0.3) is 0 Å². The van der Waals surface area contributed by atoms with Crippen LogP contribution < -0.4 is 19.1 Å². The first-order chi connectivity index (χ1) is 16.2. The fourth-order valence-corrected chi connectivity index (χ4v) is 5.02. The monoisotopic (exact) mass is 486 g/mol. The van der Waals surface area contributed by atoms with Crippen LogP contribution in [-0.4, -0.2) is 41.6 Å². The lowest BCUT2D eigenvalue weighted by Crippen LogP contribution is -2.41. The van der Waals surface area contributed by atoms with Crippen molar-refractivity contribution in [2.75, 3.05) is 31.6 Å². The Morgan fingerprint density at radius 1 is 0.971 bits per heavy atom. The molecule has 0 heterocycles. The van der Waals surface area contributed by atoms with E-state index < -0.39 is 28.3 Å². The molecule has 3 aromatic rings. The number of anilines is 1. The van der Waals surface area contributed by atoms with Gasteiger partial charge in [0.05, 0.1) is 19.9 Å². The molecule has 0 spiro atoms. The third-order valence-corrected chi connectivity index (χ3v) is 6.98. The minimum atomic E-state index is -4.20. The molecule has 1 N–H and O–H groups in total. The number of nitrogens with zero attached hydrogens (tertiary/aromatic N) is 1. The number of carbonyl (C=O) groups excluding carboxylic acids is 1. The van der Waals surface area contributed by atoms with Crippen LogP contribution in [0, 0.1) is 12.7 Å².